The van der Waals surface area contributed by atoms with Gasteiger partial charge in [-0.25, -0.2) is 19.2 Å². The lowest BCUT2D eigenvalue weighted by atomic mass is 9.92. The Hall–Kier alpha value is -7.34. The van der Waals surface area contributed by atoms with Crippen LogP contribution in [0.2, 0.25) is 0 Å². The third-order valence-corrected chi connectivity index (χ3v) is 13.0. The van der Waals surface area contributed by atoms with E-state index in [1.165, 1.54) is 35.4 Å². The van der Waals surface area contributed by atoms with Crippen LogP contribution in [0.3, 0.4) is 0 Å². The van der Waals surface area contributed by atoms with Gasteiger partial charge in [0.2, 0.25) is 17.9 Å². The monoisotopic (exact) mass is 896 g/mol. The molecule has 5 amide bonds. The number of nitrogens with two attached hydrogens (primary N) is 1. The molecule has 66 heavy (non-hydrogen) atoms. The Morgan fingerprint density at radius 3 is 2.41 bits per heavy atom. The molecule has 0 radical (unpaired) electrons. The molecule has 17 nitrogen and oxygen atoms in total. The number of halogens is 1. The van der Waals surface area contributed by atoms with Crippen molar-refractivity contribution in [3.63, 3.8) is 0 Å². The number of piperidine rings is 3. The first-order valence-electron chi connectivity index (χ1n) is 22.3. The highest BCUT2D eigenvalue weighted by molar-refractivity contribution is 6.06. The fraction of sp³-hybridized carbons (Fsp3) is 0.354. The molecule has 0 spiro atoms. The van der Waals surface area contributed by atoms with E-state index >= 15 is 0 Å². The molecule has 1 unspecified atom stereocenters. The minimum Gasteiger partial charge on any atom is -0.442 e. The number of rotatable bonds is 12. The van der Waals surface area contributed by atoms with Crippen LogP contribution in [-0.4, -0.2) is 109 Å². The number of aromatic nitrogens is 4. The summed E-state index contributed by atoms with van der Waals surface area (Å²) in [6, 6.07) is 18.3. The highest BCUT2D eigenvalue weighted by atomic mass is 19.1. The van der Waals surface area contributed by atoms with E-state index in [9.17, 15) is 33.2 Å². The molecule has 6 heterocycles. The molecule has 4 aliphatic rings. The lowest BCUT2D eigenvalue weighted by molar-refractivity contribution is -0.137. The number of ether oxygens (including phenoxy) is 1. The summed E-state index contributed by atoms with van der Waals surface area (Å²) in [6.45, 7) is 4.35. The Bertz CT molecular complexity index is 2660. The van der Waals surface area contributed by atoms with E-state index in [1.54, 1.807) is 54.7 Å². The highest BCUT2D eigenvalue weighted by Gasteiger charge is 2.39. The molecule has 3 saturated heterocycles. The normalized spacial score (nSPS) is 18.7. The van der Waals surface area contributed by atoms with Gasteiger partial charge in [0, 0.05) is 73.3 Å². The maximum atomic E-state index is 13.6. The number of nitrogens with one attached hydrogen (secondary N) is 2. The van der Waals surface area contributed by atoms with E-state index in [0.717, 1.165) is 57.3 Å². The van der Waals surface area contributed by atoms with Gasteiger partial charge < -0.3 is 30.5 Å². The highest BCUT2D eigenvalue weighted by Crippen LogP contribution is 2.31. The lowest BCUT2D eigenvalue weighted by Crippen LogP contribution is -2.52. The average Bonchev–Trinajstić information content (AvgIpc) is 3.96. The van der Waals surface area contributed by atoms with Gasteiger partial charge in [-0.2, -0.15) is 5.10 Å². The lowest BCUT2D eigenvalue weighted by Gasteiger charge is -2.35. The van der Waals surface area contributed by atoms with Crippen LogP contribution in [0.1, 0.15) is 99.4 Å². The van der Waals surface area contributed by atoms with Crippen molar-refractivity contribution in [2.45, 2.75) is 69.7 Å². The second kappa shape index (κ2) is 19.0. The smallest absolute Gasteiger partial charge is 0.361 e. The number of carbonyl (C=O) groups excluding carboxylic acids is 6. The molecule has 3 fully saturated rings. The van der Waals surface area contributed by atoms with Crippen LogP contribution in [0, 0.1) is 11.7 Å². The molecule has 2 atom stereocenters. The number of nitrogens with zero attached hydrogens (tertiary/aromatic N) is 7. The first-order chi connectivity index (χ1) is 32.0. The summed E-state index contributed by atoms with van der Waals surface area (Å²) < 4.78 is 21.1. The predicted octanol–water partition coefficient (Wildman–Crippen LogP) is 4.94. The number of nitrogen functional groups attached to an aromatic ring is 1. The van der Waals surface area contributed by atoms with E-state index in [0.29, 0.717) is 52.6 Å². The number of amides is 5. The molecule has 9 rings (SSSR count). The molecule has 0 bridgehead atoms. The molecular formula is C48H49FN10O7. The van der Waals surface area contributed by atoms with Crippen LogP contribution in [0.25, 0.3) is 11.3 Å². The Balaban J connectivity index is 0.741. The van der Waals surface area contributed by atoms with Crippen molar-refractivity contribution in [2.24, 2.45) is 5.92 Å². The zero-order valence-electron chi connectivity index (χ0n) is 36.1. The fourth-order valence-electron chi connectivity index (χ4n) is 9.25. The van der Waals surface area contributed by atoms with Crippen molar-refractivity contribution in [2.75, 3.05) is 43.8 Å². The number of imide groups is 1. The van der Waals surface area contributed by atoms with E-state index in [-0.39, 0.29) is 54.7 Å². The molecule has 0 saturated carbocycles. The van der Waals surface area contributed by atoms with Crippen molar-refractivity contribution < 1.29 is 37.9 Å². The second-order valence-corrected chi connectivity index (χ2v) is 17.3. The summed E-state index contributed by atoms with van der Waals surface area (Å²) in [6.07, 6.45) is 8.79. The summed E-state index contributed by atoms with van der Waals surface area (Å²) in [5, 5.41) is 9.62. The standard InChI is InChI=1S/C48H49FN10O7/c49-34-7-9-35(10-8-34)53-45(62)42(30-4-2-1-3-5-30)66-48(65)41-43(50)51-26-38(54-41)33-25-52-59(28-33)36-17-20-56(21-18-36)19-14-29-15-22-57(23-16-29)46(63)31-6-11-37-32(24-31)27-58(47(37)64)39-12-13-40(60)55-44(39)61/h1-11,24-26,28-29,36,39,42H,12-23,27H2,(H2,50,51)(H,53,62)(H,55,60,61)/t39?,42-/m1/s1. The number of esters is 1. The maximum Gasteiger partial charge on any atom is 0.361 e. The number of benzene rings is 3. The van der Waals surface area contributed by atoms with Gasteiger partial charge in [-0.05, 0) is 99.0 Å². The van der Waals surface area contributed by atoms with Crippen LogP contribution in [-0.2, 0) is 25.7 Å². The van der Waals surface area contributed by atoms with Crippen LogP contribution >= 0.6 is 0 Å². The topological polar surface area (TPSA) is 215 Å². The van der Waals surface area contributed by atoms with Crippen LogP contribution < -0.4 is 16.4 Å². The van der Waals surface area contributed by atoms with Crippen LogP contribution in [0.15, 0.2) is 91.4 Å². The zero-order valence-corrected chi connectivity index (χ0v) is 36.1. The van der Waals surface area contributed by atoms with Gasteiger partial charge in [-0.15, -0.1) is 0 Å². The SMILES string of the molecule is Nc1ncc(-c2cnn(C3CCN(CCC4CCN(C(=O)c5ccc6c(c5)CN(C5CCC(=O)NC5=O)C6=O)CC4)CC3)c2)nc1C(=O)O[C@@H](C(=O)Nc1ccc(F)cc1)c1ccccc1. The number of carbonyl (C=O) groups is 6. The summed E-state index contributed by atoms with van der Waals surface area (Å²) in [5.74, 6) is -2.82. The molecule has 0 aliphatic carbocycles. The summed E-state index contributed by atoms with van der Waals surface area (Å²) in [5.41, 5.74) is 9.34. The first-order valence-corrected chi connectivity index (χ1v) is 22.3. The largest absolute Gasteiger partial charge is 0.442 e. The predicted molar refractivity (Wildman–Crippen MR) is 238 cm³/mol. The zero-order chi connectivity index (χ0) is 45.9. The van der Waals surface area contributed by atoms with Gasteiger partial charge in [0.15, 0.2) is 11.5 Å². The third-order valence-electron chi connectivity index (χ3n) is 13.0. The Kier molecular flexibility index (Phi) is 12.6. The van der Waals surface area contributed by atoms with E-state index < -0.39 is 35.7 Å². The summed E-state index contributed by atoms with van der Waals surface area (Å²) in [4.78, 5) is 92.3. The van der Waals surface area contributed by atoms with Crippen molar-refractivity contribution in [1.82, 2.24) is 39.8 Å². The van der Waals surface area contributed by atoms with Gasteiger partial charge in [0.05, 0.1) is 24.1 Å². The van der Waals surface area contributed by atoms with E-state index in [4.69, 9.17) is 10.5 Å². The van der Waals surface area contributed by atoms with E-state index in [1.807, 2.05) is 15.8 Å². The van der Waals surface area contributed by atoms with Gasteiger partial charge in [-0.1, -0.05) is 30.3 Å². The fourth-order valence-corrected chi connectivity index (χ4v) is 9.25. The summed E-state index contributed by atoms with van der Waals surface area (Å²) in [7, 11) is 0. The molecule has 4 N–H and O–H groups in total. The maximum absolute atomic E-state index is 13.6. The van der Waals surface area contributed by atoms with Crippen molar-refractivity contribution in [3.8, 4) is 11.3 Å². The van der Waals surface area contributed by atoms with Crippen molar-refractivity contribution in [1.29, 1.82) is 0 Å². The number of hydrogen-bond acceptors (Lipinski definition) is 12. The minimum atomic E-state index is -1.37. The number of fused-ring (bicyclic) bond motifs is 1. The second-order valence-electron chi connectivity index (χ2n) is 17.3. The first kappa shape index (κ1) is 43.9. The Morgan fingerprint density at radius 2 is 1.67 bits per heavy atom. The molecule has 4 aliphatic heterocycles. The van der Waals surface area contributed by atoms with Gasteiger partial charge >= 0.3 is 5.97 Å². The molecule has 2 aromatic heterocycles. The molecule has 5 aromatic rings. The molecule has 3 aromatic carbocycles. The third kappa shape index (κ3) is 9.54. The van der Waals surface area contributed by atoms with Crippen molar-refractivity contribution >= 4 is 47.0 Å². The van der Waals surface area contributed by atoms with E-state index in [2.05, 4.69) is 30.6 Å². The van der Waals surface area contributed by atoms with Crippen LogP contribution in [0.4, 0.5) is 15.9 Å². The van der Waals surface area contributed by atoms with Gasteiger partial charge in [-0.3, -0.25) is 34.0 Å². The average molecular weight is 897 g/mol. The Morgan fingerprint density at radius 1 is 0.909 bits per heavy atom. The Labute approximate surface area is 379 Å². The number of likely N-dealkylation sites (tertiary alicyclic amines) is 2. The molecular weight excluding hydrogens is 848 g/mol. The van der Waals surface area contributed by atoms with Gasteiger partial charge in [0.25, 0.3) is 17.7 Å². The van der Waals surface area contributed by atoms with Crippen LogP contribution in [0.5, 0.6) is 0 Å². The minimum absolute atomic E-state index is 0.0582. The number of anilines is 2. The number of hydrogen-bond donors (Lipinski definition) is 3. The molecule has 18 heteroatoms. The van der Waals surface area contributed by atoms with Crippen molar-refractivity contribution in [3.05, 3.63) is 125 Å². The molecule has 340 valence electrons. The van der Waals surface area contributed by atoms with Gasteiger partial charge in [0.1, 0.15) is 11.9 Å². The quantitative estimate of drug-likeness (QED) is 0.112. The summed E-state index contributed by atoms with van der Waals surface area (Å²) >= 11 is 0.